The highest BCUT2D eigenvalue weighted by atomic mass is 19.1. The predicted octanol–water partition coefficient (Wildman–Crippen LogP) is 2.69. The van der Waals surface area contributed by atoms with Crippen LogP contribution in [0.5, 0.6) is 0 Å². The topological polar surface area (TPSA) is 15.3 Å². The second kappa shape index (κ2) is 5.82. The number of hydrogen-bond acceptors (Lipinski definition) is 2. The standard InChI is InChI=1S/C17H25FN2/c1-3-17-15-10-19-9-14(15)11-20(17)12(2)8-13-6-4-5-7-16(13)18/h4-7,12,14-15,17,19H,3,8-11H2,1-2H3. The minimum absolute atomic E-state index is 0.0616. The van der Waals surface area contributed by atoms with Gasteiger partial charge in [0.25, 0.3) is 0 Å². The molecule has 110 valence electrons. The second-order valence-electron chi connectivity index (χ2n) is 6.40. The van der Waals surface area contributed by atoms with Crippen LogP contribution in [-0.4, -0.2) is 36.6 Å². The molecule has 4 atom stereocenters. The first-order valence-corrected chi connectivity index (χ1v) is 7.90. The van der Waals surface area contributed by atoms with Gasteiger partial charge in [0.2, 0.25) is 0 Å². The maximum Gasteiger partial charge on any atom is 0.126 e. The molecule has 20 heavy (non-hydrogen) atoms. The van der Waals surface area contributed by atoms with Crippen molar-refractivity contribution in [1.82, 2.24) is 10.2 Å². The van der Waals surface area contributed by atoms with Crippen LogP contribution in [0.1, 0.15) is 25.8 Å². The average Bonchev–Trinajstić information content (AvgIpc) is 3.01. The van der Waals surface area contributed by atoms with E-state index in [2.05, 4.69) is 24.1 Å². The molecule has 2 aliphatic rings. The fourth-order valence-corrected chi connectivity index (χ4v) is 4.20. The van der Waals surface area contributed by atoms with Crippen LogP contribution in [0.25, 0.3) is 0 Å². The summed E-state index contributed by atoms with van der Waals surface area (Å²) >= 11 is 0. The minimum atomic E-state index is -0.0616. The molecular formula is C17H25FN2. The van der Waals surface area contributed by atoms with Gasteiger partial charge < -0.3 is 5.32 Å². The predicted molar refractivity (Wildman–Crippen MR) is 80.2 cm³/mol. The molecule has 4 unspecified atom stereocenters. The number of halogens is 1. The van der Waals surface area contributed by atoms with E-state index in [9.17, 15) is 4.39 Å². The van der Waals surface area contributed by atoms with E-state index in [4.69, 9.17) is 0 Å². The highest BCUT2D eigenvalue weighted by Crippen LogP contribution is 2.36. The zero-order valence-electron chi connectivity index (χ0n) is 12.5. The van der Waals surface area contributed by atoms with Crippen LogP contribution >= 0.6 is 0 Å². The first-order valence-electron chi connectivity index (χ1n) is 7.90. The molecule has 0 bridgehead atoms. The Morgan fingerprint density at radius 2 is 2.15 bits per heavy atom. The number of fused-ring (bicyclic) bond motifs is 1. The molecule has 1 aromatic rings. The third-order valence-electron chi connectivity index (χ3n) is 5.22. The minimum Gasteiger partial charge on any atom is -0.316 e. The number of hydrogen-bond donors (Lipinski definition) is 1. The molecule has 1 N–H and O–H groups in total. The summed E-state index contributed by atoms with van der Waals surface area (Å²) in [6.07, 6.45) is 2.01. The quantitative estimate of drug-likeness (QED) is 0.909. The van der Waals surface area contributed by atoms with E-state index in [-0.39, 0.29) is 5.82 Å². The van der Waals surface area contributed by atoms with E-state index < -0.39 is 0 Å². The number of rotatable bonds is 4. The summed E-state index contributed by atoms with van der Waals surface area (Å²) in [5.41, 5.74) is 0.852. The fraction of sp³-hybridized carbons (Fsp3) is 0.647. The molecule has 2 aliphatic heterocycles. The Labute approximate surface area is 121 Å². The SMILES string of the molecule is CCC1C2CNCC2CN1C(C)Cc1ccccc1F. The van der Waals surface area contributed by atoms with Crippen molar-refractivity contribution in [2.24, 2.45) is 11.8 Å². The molecule has 0 spiro atoms. The van der Waals surface area contributed by atoms with Gasteiger partial charge in [-0.15, -0.1) is 0 Å². The summed E-state index contributed by atoms with van der Waals surface area (Å²) in [5.74, 6) is 1.53. The van der Waals surface area contributed by atoms with Gasteiger partial charge >= 0.3 is 0 Å². The van der Waals surface area contributed by atoms with Crippen LogP contribution in [0.3, 0.4) is 0 Å². The lowest BCUT2D eigenvalue weighted by Crippen LogP contribution is -2.42. The summed E-state index contributed by atoms with van der Waals surface area (Å²) in [7, 11) is 0. The lowest BCUT2D eigenvalue weighted by molar-refractivity contribution is 0.163. The Morgan fingerprint density at radius 3 is 2.90 bits per heavy atom. The maximum absolute atomic E-state index is 13.8. The Kier molecular flexibility index (Phi) is 4.08. The van der Waals surface area contributed by atoms with Gasteiger partial charge in [-0.3, -0.25) is 4.90 Å². The van der Waals surface area contributed by atoms with Gasteiger partial charge in [-0.2, -0.15) is 0 Å². The molecule has 2 saturated heterocycles. The smallest absolute Gasteiger partial charge is 0.126 e. The first kappa shape index (κ1) is 14.0. The summed E-state index contributed by atoms with van der Waals surface area (Å²) in [6.45, 7) is 8.03. The number of nitrogens with zero attached hydrogens (tertiary/aromatic N) is 1. The van der Waals surface area contributed by atoms with Gasteiger partial charge in [0.1, 0.15) is 5.82 Å². The van der Waals surface area contributed by atoms with Crippen LogP contribution in [-0.2, 0) is 6.42 Å². The van der Waals surface area contributed by atoms with Crippen molar-refractivity contribution in [1.29, 1.82) is 0 Å². The van der Waals surface area contributed by atoms with E-state index >= 15 is 0 Å². The second-order valence-corrected chi connectivity index (χ2v) is 6.40. The average molecular weight is 276 g/mol. The molecule has 0 saturated carbocycles. The largest absolute Gasteiger partial charge is 0.316 e. The van der Waals surface area contributed by atoms with E-state index in [1.807, 2.05) is 12.1 Å². The molecule has 2 heterocycles. The van der Waals surface area contributed by atoms with Crippen LogP contribution in [0, 0.1) is 17.7 Å². The number of benzene rings is 1. The van der Waals surface area contributed by atoms with E-state index in [1.165, 1.54) is 13.0 Å². The van der Waals surface area contributed by atoms with Gasteiger partial charge in [0, 0.05) is 18.6 Å². The van der Waals surface area contributed by atoms with E-state index in [0.717, 1.165) is 36.9 Å². The van der Waals surface area contributed by atoms with Gasteiger partial charge in [-0.1, -0.05) is 25.1 Å². The van der Waals surface area contributed by atoms with Gasteiger partial charge in [-0.25, -0.2) is 4.39 Å². The molecule has 1 aromatic carbocycles. The zero-order valence-corrected chi connectivity index (χ0v) is 12.5. The van der Waals surface area contributed by atoms with Crippen LogP contribution in [0.15, 0.2) is 24.3 Å². The van der Waals surface area contributed by atoms with E-state index in [0.29, 0.717) is 12.1 Å². The highest BCUT2D eigenvalue weighted by Gasteiger charge is 2.44. The summed E-state index contributed by atoms with van der Waals surface area (Å²) in [5, 5.41) is 3.52. The molecule has 3 heteroatoms. The van der Waals surface area contributed by atoms with Crippen molar-refractivity contribution in [2.75, 3.05) is 19.6 Å². The zero-order chi connectivity index (χ0) is 14.1. The van der Waals surface area contributed by atoms with Crippen LogP contribution < -0.4 is 5.32 Å². The Morgan fingerprint density at radius 1 is 1.35 bits per heavy atom. The monoisotopic (exact) mass is 276 g/mol. The molecule has 0 radical (unpaired) electrons. The molecule has 2 fully saturated rings. The lowest BCUT2D eigenvalue weighted by Gasteiger charge is -2.32. The third-order valence-corrected chi connectivity index (χ3v) is 5.22. The highest BCUT2D eigenvalue weighted by molar-refractivity contribution is 5.18. The molecule has 2 nitrogen and oxygen atoms in total. The summed E-state index contributed by atoms with van der Waals surface area (Å²) < 4.78 is 13.8. The van der Waals surface area contributed by atoms with Gasteiger partial charge in [-0.05, 0) is 56.3 Å². The number of nitrogens with one attached hydrogen (secondary N) is 1. The summed E-state index contributed by atoms with van der Waals surface area (Å²) in [4.78, 5) is 2.63. The normalized spacial score (nSPS) is 31.4. The molecule has 0 aliphatic carbocycles. The van der Waals surface area contributed by atoms with Crippen molar-refractivity contribution in [3.05, 3.63) is 35.6 Å². The van der Waals surface area contributed by atoms with Crippen molar-refractivity contribution in [2.45, 2.75) is 38.8 Å². The third kappa shape index (κ3) is 2.49. The Hall–Kier alpha value is -0.930. The summed E-state index contributed by atoms with van der Waals surface area (Å²) in [6, 6.07) is 8.28. The number of likely N-dealkylation sites (tertiary alicyclic amines) is 1. The Balaban J connectivity index is 1.71. The van der Waals surface area contributed by atoms with Crippen LogP contribution in [0.4, 0.5) is 4.39 Å². The Bertz CT molecular complexity index is 462. The fourth-order valence-electron chi connectivity index (χ4n) is 4.20. The van der Waals surface area contributed by atoms with Crippen molar-refractivity contribution in [3.8, 4) is 0 Å². The molecule has 0 aromatic heterocycles. The maximum atomic E-state index is 13.8. The van der Waals surface area contributed by atoms with Crippen molar-refractivity contribution < 1.29 is 4.39 Å². The molecular weight excluding hydrogens is 251 g/mol. The van der Waals surface area contributed by atoms with Crippen LogP contribution in [0.2, 0.25) is 0 Å². The van der Waals surface area contributed by atoms with Crippen molar-refractivity contribution in [3.63, 3.8) is 0 Å². The molecule has 0 amide bonds. The van der Waals surface area contributed by atoms with Crippen molar-refractivity contribution >= 4 is 0 Å². The molecule has 3 rings (SSSR count). The first-order chi connectivity index (χ1) is 9.70. The lowest BCUT2D eigenvalue weighted by atomic mass is 9.92. The van der Waals surface area contributed by atoms with Gasteiger partial charge in [0.15, 0.2) is 0 Å². The van der Waals surface area contributed by atoms with Gasteiger partial charge in [0.05, 0.1) is 0 Å². The van der Waals surface area contributed by atoms with E-state index in [1.54, 1.807) is 12.1 Å².